The minimum absolute atomic E-state index is 0.117. The molecule has 0 saturated carbocycles. The summed E-state index contributed by atoms with van der Waals surface area (Å²) in [5, 5.41) is 18.3. The number of aliphatic hydroxyl groups excluding tert-OH is 1. The highest BCUT2D eigenvalue weighted by atomic mass is 35.5. The molecule has 41 heavy (non-hydrogen) atoms. The number of anilines is 1. The third-order valence-electron chi connectivity index (χ3n) is 7.91. The van der Waals surface area contributed by atoms with Crippen molar-refractivity contribution in [2.75, 3.05) is 58.4 Å². The van der Waals surface area contributed by atoms with Gasteiger partial charge in [0.1, 0.15) is 30.0 Å². The Hall–Kier alpha value is -3.12. The van der Waals surface area contributed by atoms with Crippen molar-refractivity contribution in [2.45, 2.75) is 25.9 Å². The lowest BCUT2D eigenvalue weighted by Crippen LogP contribution is -2.61. The number of hydrogen-bond donors (Lipinski definition) is 2. The summed E-state index contributed by atoms with van der Waals surface area (Å²) in [7, 11) is 5.02. The van der Waals surface area contributed by atoms with E-state index in [2.05, 4.69) is 15.3 Å². The highest BCUT2D eigenvalue weighted by Gasteiger charge is 2.47. The molecule has 2 saturated heterocycles. The van der Waals surface area contributed by atoms with Crippen LogP contribution in [0.4, 0.5) is 10.6 Å². The molecule has 1 aromatic carbocycles. The molecule has 2 aliphatic heterocycles. The van der Waals surface area contributed by atoms with Crippen LogP contribution >= 0.6 is 23.2 Å². The lowest BCUT2D eigenvalue weighted by Gasteiger charge is -2.54. The molecule has 2 aliphatic rings. The number of rotatable bonds is 8. The van der Waals surface area contributed by atoms with Crippen LogP contribution in [0.2, 0.25) is 10.0 Å². The van der Waals surface area contributed by atoms with Crippen LogP contribution in [0.1, 0.15) is 18.4 Å². The molecule has 11 nitrogen and oxygen atoms in total. The summed E-state index contributed by atoms with van der Waals surface area (Å²) < 4.78 is 12.4. The second-order valence-electron chi connectivity index (χ2n) is 10.8. The molecule has 1 atom stereocenters. The minimum atomic E-state index is -0.654. The molecule has 13 heteroatoms. The standard InChI is InChI=1S/C28H35Cl2N7O4/c1-17-23(24-22(30)13-32-35(24)3)33-25(20-11-19(5-6-21(20)29)41-14-18(38)12-31-2)34-26(17)37-15-28(16-37)7-9-36(10-8-28)27(39)40-4/h5-6,11,13,18,31,38H,7-10,12,14-16H2,1-4H3/t18-/m1/s1. The number of piperidine rings is 1. The van der Waals surface area contributed by atoms with Gasteiger partial charge < -0.3 is 29.7 Å². The number of halogens is 2. The number of likely N-dealkylation sites (tertiary alicyclic amines) is 1. The number of aryl methyl sites for hydroxylation is 1. The molecule has 5 rings (SSSR count). The molecule has 220 valence electrons. The zero-order valence-electron chi connectivity index (χ0n) is 23.7. The molecular formula is C28H35Cl2N7O4. The molecule has 1 spiro atoms. The van der Waals surface area contributed by atoms with Crippen molar-refractivity contribution in [1.82, 2.24) is 30.0 Å². The Kier molecular flexibility index (Phi) is 8.60. The van der Waals surface area contributed by atoms with Gasteiger partial charge in [-0.25, -0.2) is 14.8 Å². The van der Waals surface area contributed by atoms with Crippen LogP contribution in [0, 0.1) is 12.3 Å². The van der Waals surface area contributed by atoms with E-state index in [0.29, 0.717) is 58.2 Å². The first-order valence-electron chi connectivity index (χ1n) is 13.5. The van der Waals surface area contributed by atoms with Crippen molar-refractivity contribution >= 4 is 35.1 Å². The number of nitrogens with zero attached hydrogens (tertiary/aromatic N) is 6. The summed E-state index contributed by atoms with van der Waals surface area (Å²) in [4.78, 5) is 25.9. The highest BCUT2D eigenvalue weighted by molar-refractivity contribution is 6.33. The van der Waals surface area contributed by atoms with E-state index in [9.17, 15) is 9.90 Å². The van der Waals surface area contributed by atoms with Gasteiger partial charge in [0.15, 0.2) is 5.82 Å². The summed E-state index contributed by atoms with van der Waals surface area (Å²) in [5.74, 6) is 1.78. The van der Waals surface area contributed by atoms with E-state index >= 15 is 0 Å². The molecule has 2 aromatic heterocycles. The van der Waals surface area contributed by atoms with Crippen LogP contribution in [-0.2, 0) is 11.8 Å². The predicted molar refractivity (Wildman–Crippen MR) is 158 cm³/mol. The van der Waals surface area contributed by atoms with Crippen molar-refractivity contribution in [3.8, 4) is 28.5 Å². The summed E-state index contributed by atoms with van der Waals surface area (Å²) >= 11 is 13.3. The number of aliphatic hydroxyl groups is 1. The first-order valence-corrected chi connectivity index (χ1v) is 14.3. The number of likely N-dealkylation sites (N-methyl/N-ethyl adjacent to an activating group) is 1. The Morgan fingerprint density at radius 3 is 2.56 bits per heavy atom. The van der Waals surface area contributed by atoms with E-state index in [1.807, 2.05) is 14.0 Å². The molecule has 0 unspecified atom stereocenters. The molecule has 4 heterocycles. The summed E-state index contributed by atoms with van der Waals surface area (Å²) in [5.41, 5.74) is 2.97. The van der Waals surface area contributed by atoms with Gasteiger partial charge in [-0.1, -0.05) is 23.2 Å². The average Bonchev–Trinajstić information content (AvgIpc) is 3.28. The van der Waals surface area contributed by atoms with Gasteiger partial charge in [0.05, 0.1) is 29.0 Å². The maximum atomic E-state index is 12.0. The average molecular weight is 605 g/mol. The number of nitrogens with one attached hydrogen (secondary N) is 1. The van der Waals surface area contributed by atoms with Gasteiger partial charge in [0.25, 0.3) is 0 Å². The summed E-state index contributed by atoms with van der Waals surface area (Å²) in [6, 6.07) is 5.29. The number of ether oxygens (including phenoxy) is 2. The van der Waals surface area contributed by atoms with E-state index in [1.165, 1.54) is 7.11 Å². The van der Waals surface area contributed by atoms with Gasteiger partial charge in [-0.05, 0) is 45.0 Å². The van der Waals surface area contributed by atoms with Crippen molar-refractivity contribution < 1.29 is 19.4 Å². The van der Waals surface area contributed by atoms with Crippen molar-refractivity contribution in [3.05, 3.63) is 40.0 Å². The number of carbonyl (C=O) groups excluding carboxylic acids is 1. The predicted octanol–water partition coefficient (Wildman–Crippen LogP) is 3.79. The smallest absolute Gasteiger partial charge is 0.409 e. The molecule has 0 bridgehead atoms. The van der Waals surface area contributed by atoms with Crippen LogP contribution in [0.15, 0.2) is 24.4 Å². The third-order valence-corrected chi connectivity index (χ3v) is 8.51. The Morgan fingerprint density at radius 2 is 1.93 bits per heavy atom. The SMILES string of the molecule is CNC[C@@H](O)COc1ccc(Cl)c(-c2nc(-c3c(Cl)cnn3C)c(C)c(N3CC4(CCN(C(=O)OC)CC4)C3)n2)c1. The minimum Gasteiger partial charge on any atom is -0.491 e. The number of carbonyl (C=O) groups is 1. The molecule has 2 N–H and O–H groups in total. The Labute approximate surface area is 249 Å². The van der Waals surface area contributed by atoms with Gasteiger partial charge in [-0.15, -0.1) is 0 Å². The van der Waals surface area contributed by atoms with Crippen LogP contribution in [0.25, 0.3) is 22.8 Å². The fourth-order valence-corrected chi connectivity index (χ4v) is 6.07. The van der Waals surface area contributed by atoms with E-state index in [0.717, 1.165) is 37.3 Å². The molecule has 2 fully saturated rings. The number of methoxy groups -OCH3 is 1. The monoisotopic (exact) mass is 603 g/mol. The first kappa shape index (κ1) is 29.4. The van der Waals surface area contributed by atoms with Gasteiger partial charge >= 0.3 is 6.09 Å². The lowest BCUT2D eigenvalue weighted by atomic mass is 9.72. The van der Waals surface area contributed by atoms with Crippen molar-refractivity contribution in [2.24, 2.45) is 12.5 Å². The number of hydrogen-bond acceptors (Lipinski definition) is 9. The van der Waals surface area contributed by atoms with Gasteiger partial charge in [-0.2, -0.15) is 5.10 Å². The Morgan fingerprint density at radius 1 is 1.20 bits per heavy atom. The quantitative estimate of drug-likeness (QED) is 0.396. The molecule has 0 aliphatic carbocycles. The van der Waals surface area contributed by atoms with Crippen molar-refractivity contribution in [1.29, 1.82) is 0 Å². The van der Waals surface area contributed by atoms with Gasteiger partial charge in [-0.3, -0.25) is 4.68 Å². The molecule has 3 aromatic rings. The van der Waals surface area contributed by atoms with Crippen LogP contribution in [0.3, 0.4) is 0 Å². The molecule has 0 radical (unpaired) electrons. The summed E-state index contributed by atoms with van der Waals surface area (Å²) in [6.45, 7) is 5.52. The highest BCUT2D eigenvalue weighted by Crippen LogP contribution is 2.45. The maximum Gasteiger partial charge on any atom is 0.409 e. The Balaban J connectivity index is 1.48. The van der Waals surface area contributed by atoms with Crippen LogP contribution in [0.5, 0.6) is 5.75 Å². The largest absolute Gasteiger partial charge is 0.491 e. The summed E-state index contributed by atoms with van der Waals surface area (Å²) in [6.07, 6.45) is 2.48. The Bertz CT molecular complexity index is 1400. The molecule has 1 amide bonds. The van der Waals surface area contributed by atoms with Crippen LogP contribution in [-0.4, -0.2) is 95.4 Å². The van der Waals surface area contributed by atoms with E-state index < -0.39 is 6.10 Å². The second-order valence-corrected chi connectivity index (χ2v) is 11.6. The zero-order valence-corrected chi connectivity index (χ0v) is 25.2. The van der Waals surface area contributed by atoms with Gasteiger partial charge in [0, 0.05) is 56.3 Å². The lowest BCUT2D eigenvalue weighted by molar-refractivity contribution is 0.0621. The third kappa shape index (κ3) is 5.94. The number of aromatic nitrogens is 4. The number of amides is 1. The van der Waals surface area contributed by atoms with E-state index in [1.54, 1.807) is 41.0 Å². The molecular weight excluding hydrogens is 569 g/mol. The van der Waals surface area contributed by atoms with E-state index in [4.69, 9.17) is 42.6 Å². The van der Waals surface area contributed by atoms with Crippen LogP contribution < -0.4 is 15.0 Å². The second kappa shape index (κ2) is 12.0. The zero-order chi connectivity index (χ0) is 29.3. The topological polar surface area (TPSA) is 118 Å². The fourth-order valence-electron chi connectivity index (χ4n) is 5.62. The maximum absolute atomic E-state index is 12.0. The van der Waals surface area contributed by atoms with E-state index in [-0.39, 0.29) is 18.1 Å². The normalized spacial score (nSPS) is 17.0. The number of benzene rings is 1. The first-order chi connectivity index (χ1) is 19.6. The van der Waals surface area contributed by atoms with Gasteiger partial charge in [0.2, 0.25) is 0 Å². The fraction of sp³-hybridized carbons (Fsp3) is 0.500. The van der Waals surface area contributed by atoms with Crippen molar-refractivity contribution in [3.63, 3.8) is 0 Å².